The number of anilines is 1. The van der Waals surface area contributed by atoms with Gasteiger partial charge in [0.15, 0.2) is 0 Å². The molecular formula is C16H25N3O2. The van der Waals surface area contributed by atoms with Crippen molar-refractivity contribution >= 4 is 17.5 Å². The molecule has 0 aliphatic rings. The van der Waals surface area contributed by atoms with E-state index in [1.54, 1.807) is 24.3 Å². The van der Waals surface area contributed by atoms with Gasteiger partial charge in [-0.05, 0) is 30.9 Å². The van der Waals surface area contributed by atoms with Gasteiger partial charge < -0.3 is 16.4 Å². The van der Waals surface area contributed by atoms with E-state index in [4.69, 9.17) is 5.73 Å². The van der Waals surface area contributed by atoms with Crippen LogP contribution in [-0.4, -0.2) is 24.4 Å². The molecule has 1 aromatic carbocycles. The third-order valence-electron chi connectivity index (χ3n) is 3.03. The molecule has 1 rings (SSSR count). The van der Waals surface area contributed by atoms with Crippen molar-refractivity contribution in [2.75, 3.05) is 11.9 Å². The quantitative estimate of drug-likeness (QED) is 0.719. The summed E-state index contributed by atoms with van der Waals surface area (Å²) in [6, 6.07) is 6.37. The van der Waals surface area contributed by atoms with Crippen molar-refractivity contribution < 1.29 is 9.59 Å². The zero-order valence-corrected chi connectivity index (χ0v) is 13.0. The van der Waals surface area contributed by atoms with Crippen LogP contribution in [0.25, 0.3) is 0 Å². The summed E-state index contributed by atoms with van der Waals surface area (Å²) in [6.07, 6.45) is 1.47. The first kappa shape index (κ1) is 17.2. The van der Waals surface area contributed by atoms with Crippen LogP contribution in [0.1, 0.15) is 44.0 Å². The maximum atomic E-state index is 12.1. The van der Waals surface area contributed by atoms with Gasteiger partial charge in [0.25, 0.3) is 5.91 Å². The number of benzene rings is 1. The molecule has 1 atom stereocenters. The summed E-state index contributed by atoms with van der Waals surface area (Å²) in [7, 11) is 0. The summed E-state index contributed by atoms with van der Waals surface area (Å²) in [5.74, 6) is -0.113. The van der Waals surface area contributed by atoms with Crippen molar-refractivity contribution in [3.05, 3.63) is 29.8 Å². The Bertz CT molecular complexity index is 486. The minimum absolute atomic E-state index is 0.190. The molecule has 21 heavy (non-hydrogen) atoms. The molecule has 0 fully saturated rings. The molecule has 0 heterocycles. The van der Waals surface area contributed by atoms with Crippen LogP contribution < -0.4 is 16.4 Å². The lowest BCUT2D eigenvalue weighted by Gasteiger charge is -2.16. The Balaban J connectivity index is 2.79. The van der Waals surface area contributed by atoms with Gasteiger partial charge in [0.2, 0.25) is 5.91 Å². The number of nitrogens with one attached hydrogen (secondary N) is 2. The van der Waals surface area contributed by atoms with Crippen LogP contribution in [0.4, 0.5) is 5.69 Å². The van der Waals surface area contributed by atoms with E-state index in [2.05, 4.69) is 10.6 Å². The minimum atomic E-state index is -0.572. The first-order valence-corrected chi connectivity index (χ1v) is 7.39. The minimum Gasteiger partial charge on any atom is -0.352 e. The number of nitrogens with two attached hydrogens (primary N) is 1. The number of hydrogen-bond acceptors (Lipinski definition) is 3. The summed E-state index contributed by atoms with van der Waals surface area (Å²) in [4.78, 5) is 24.1. The van der Waals surface area contributed by atoms with Crippen LogP contribution in [0.3, 0.4) is 0 Å². The number of amides is 2. The highest BCUT2D eigenvalue weighted by molar-refractivity contribution is 6.04. The summed E-state index contributed by atoms with van der Waals surface area (Å²) in [5.41, 5.74) is 6.81. The zero-order chi connectivity index (χ0) is 15.8. The number of hydrogen-bond donors (Lipinski definition) is 3. The van der Waals surface area contributed by atoms with Gasteiger partial charge in [-0.2, -0.15) is 0 Å². The largest absolute Gasteiger partial charge is 0.352 e. The normalized spacial score (nSPS) is 12.0. The molecule has 5 nitrogen and oxygen atoms in total. The highest BCUT2D eigenvalue weighted by atomic mass is 16.2. The lowest BCUT2D eigenvalue weighted by Crippen LogP contribution is -2.37. The van der Waals surface area contributed by atoms with Gasteiger partial charge in [0.05, 0.1) is 17.3 Å². The molecule has 0 aliphatic carbocycles. The van der Waals surface area contributed by atoms with Crippen molar-refractivity contribution in [2.24, 2.45) is 11.7 Å². The van der Waals surface area contributed by atoms with Crippen molar-refractivity contribution in [1.82, 2.24) is 5.32 Å². The van der Waals surface area contributed by atoms with Gasteiger partial charge >= 0.3 is 0 Å². The number of para-hydroxylation sites is 1. The maximum absolute atomic E-state index is 12.1. The Morgan fingerprint density at radius 1 is 1.24 bits per heavy atom. The summed E-state index contributed by atoms with van der Waals surface area (Å²) in [6.45, 7) is 6.62. The Labute approximate surface area is 126 Å². The predicted octanol–water partition coefficient (Wildman–Crippen LogP) is 2.14. The Morgan fingerprint density at radius 2 is 1.90 bits per heavy atom. The van der Waals surface area contributed by atoms with Crippen molar-refractivity contribution in [2.45, 2.75) is 39.7 Å². The first-order chi connectivity index (χ1) is 9.95. The second-order valence-corrected chi connectivity index (χ2v) is 5.53. The monoisotopic (exact) mass is 291 g/mol. The second kappa shape index (κ2) is 8.42. The van der Waals surface area contributed by atoms with E-state index in [0.717, 1.165) is 6.42 Å². The molecule has 0 bridgehead atoms. The van der Waals surface area contributed by atoms with Crippen molar-refractivity contribution in [1.29, 1.82) is 0 Å². The Morgan fingerprint density at radius 3 is 2.52 bits per heavy atom. The topological polar surface area (TPSA) is 84.2 Å². The zero-order valence-electron chi connectivity index (χ0n) is 13.0. The average molecular weight is 291 g/mol. The molecular weight excluding hydrogens is 266 g/mol. The fourth-order valence-corrected chi connectivity index (χ4v) is 1.96. The second-order valence-electron chi connectivity index (χ2n) is 5.53. The lowest BCUT2D eigenvalue weighted by atomic mass is 10.0. The highest BCUT2D eigenvalue weighted by Gasteiger charge is 2.18. The van der Waals surface area contributed by atoms with Gasteiger partial charge in [0.1, 0.15) is 0 Å². The average Bonchev–Trinajstić information content (AvgIpc) is 2.44. The lowest BCUT2D eigenvalue weighted by molar-refractivity contribution is -0.117. The summed E-state index contributed by atoms with van der Waals surface area (Å²) < 4.78 is 0. The van der Waals surface area contributed by atoms with Crippen LogP contribution in [0, 0.1) is 5.92 Å². The molecule has 0 aromatic heterocycles. The van der Waals surface area contributed by atoms with Gasteiger partial charge in [-0.25, -0.2) is 0 Å². The highest BCUT2D eigenvalue weighted by Crippen LogP contribution is 2.16. The first-order valence-electron chi connectivity index (χ1n) is 7.39. The molecule has 1 aromatic rings. The van der Waals surface area contributed by atoms with E-state index in [1.165, 1.54) is 0 Å². The summed E-state index contributed by atoms with van der Waals surface area (Å²) in [5, 5.41) is 5.55. The Hall–Kier alpha value is -1.88. The molecule has 2 amide bonds. The van der Waals surface area contributed by atoms with E-state index in [1.807, 2.05) is 20.8 Å². The van der Waals surface area contributed by atoms with Crippen molar-refractivity contribution in [3.8, 4) is 0 Å². The summed E-state index contributed by atoms with van der Waals surface area (Å²) >= 11 is 0. The molecule has 1 unspecified atom stereocenters. The number of carbonyl (C=O) groups is 2. The molecule has 4 N–H and O–H groups in total. The third-order valence-corrected chi connectivity index (χ3v) is 3.03. The van der Waals surface area contributed by atoms with Crippen molar-refractivity contribution in [3.63, 3.8) is 0 Å². The van der Waals surface area contributed by atoms with Gasteiger partial charge in [-0.1, -0.05) is 32.9 Å². The van der Waals surface area contributed by atoms with Crippen LogP contribution in [0.2, 0.25) is 0 Å². The molecule has 0 saturated carbocycles. The Kier molecular flexibility index (Phi) is 6.88. The molecule has 0 radical (unpaired) electrons. The smallest absolute Gasteiger partial charge is 0.253 e. The fraction of sp³-hybridized carbons (Fsp3) is 0.500. The fourth-order valence-electron chi connectivity index (χ4n) is 1.96. The van der Waals surface area contributed by atoms with E-state index in [0.29, 0.717) is 30.1 Å². The number of carbonyl (C=O) groups excluding carboxylic acids is 2. The molecule has 0 saturated heterocycles. The van der Waals surface area contributed by atoms with Gasteiger partial charge in [-0.3, -0.25) is 9.59 Å². The van der Waals surface area contributed by atoms with E-state index in [-0.39, 0.29) is 11.8 Å². The van der Waals surface area contributed by atoms with E-state index >= 15 is 0 Å². The standard InChI is InChI=1S/C16H25N3O2/c1-4-9-18-15(20)12-7-5-6-8-14(12)19-16(21)13(17)10-11(2)3/h5-8,11,13H,4,9-10,17H2,1-3H3,(H,18,20)(H,19,21). The maximum Gasteiger partial charge on any atom is 0.253 e. The van der Waals surface area contributed by atoms with E-state index in [9.17, 15) is 9.59 Å². The van der Waals surface area contributed by atoms with Crippen LogP contribution in [-0.2, 0) is 4.79 Å². The van der Waals surface area contributed by atoms with Crippen LogP contribution >= 0.6 is 0 Å². The molecule has 5 heteroatoms. The molecule has 116 valence electrons. The van der Waals surface area contributed by atoms with Crippen LogP contribution in [0.5, 0.6) is 0 Å². The third kappa shape index (κ3) is 5.55. The molecule has 0 aliphatic heterocycles. The number of rotatable bonds is 7. The molecule has 0 spiro atoms. The van der Waals surface area contributed by atoms with Gasteiger partial charge in [0, 0.05) is 6.54 Å². The van der Waals surface area contributed by atoms with E-state index < -0.39 is 6.04 Å². The van der Waals surface area contributed by atoms with Crippen LogP contribution in [0.15, 0.2) is 24.3 Å². The predicted molar refractivity (Wildman–Crippen MR) is 85.1 cm³/mol. The SMILES string of the molecule is CCCNC(=O)c1ccccc1NC(=O)C(N)CC(C)C. The van der Waals surface area contributed by atoms with Gasteiger partial charge in [-0.15, -0.1) is 0 Å².